The lowest BCUT2D eigenvalue weighted by Gasteiger charge is -2.35. The summed E-state index contributed by atoms with van der Waals surface area (Å²) in [4.78, 5) is 6.91. The Morgan fingerprint density at radius 2 is 1.88 bits per heavy atom. The molecule has 1 fully saturated rings. The molecule has 0 aromatic heterocycles. The molecule has 0 spiro atoms. The van der Waals surface area contributed by atoms with E-state index in [2.05, 4.69) is 52.6 Å². The van der Waals surface area contributed by atoms with Gasteiger partial charge in [-0.05, 0) is 37.8 Å². The summed E-state index contributed by atoms with van der Waals surface area (Å²) in [6, 6.07) is 9.50. The first-order valence-corrected chi connectivity index (χ1v) is 8.91. The van der Waals surface area contributed by atoms with Gasteiger partial charge in [0.1, 0.15) is 0 Å². The van der Waals surface area contributed by atoms with Crippen molar-refractivity contribution in [2.45, 2.75) is 51.9 Å². The number of likely N-dealkylation sites (tertiary alicyclic amines) is 1. The Hall–Kier alpha value is -0.860. The Labute approximate surface area is 169 Å². The van der Waals surface area contributed by atoms with Gasteiger partial charge in [0.15, 0.2) is 5.96 Å². The SMILES string of the molecule is CN=C(NCc1ccccc1COC)NC1CCN(C(C)C)CC1.I. The molecule has 1 aromatic carbocycles. The van der Waals surface area contributed by atoms with Gasteiger partial charge in [0, 0.05) is 45.9 Å². The molecular formula is C19H33IN4O. The van der Waals surface area contributed by atoms with E-state index in [9.17, 15) is 0 Å². The Kier molecular flexibility index (Phi) is 10.4. The summed E-state index contributed by atoms with van der Waals surface area (Å²) >= 11 is 0. The molecule has 5 nitrogen and oxygen atoms in total. The van der Waals surface area contributed by atoms with Gasteiger partial charge in [-0.1, -0.05) is 24.3 Å². The topological polar surface area (TPSA) is 48.9 Å². The number of nitrogens with one attached hydrogen (secondary N) is 2. The van der Waals surface area contributed by atoms with E-state index >= 15 is 0 Å². The van der Waals surface area contributed by atoms with Gasteiger partial charge in [0.05, 0.1) is 6.61 Å². The minimum absolute atomic E-state index is 0. The highest BCUT2D eigenvalue weighted by molar-refractivity contribution is 14.0. The van der Waals surface area contributed by atoms with Gasteiger partial charge >= 0.3 is 0 Å². The molecule has 6 heteroatoms. The molecule has 0 radical (unpaired) electrons. The fourth-order valence-corrected chi connectivity index (χ4v) is 3.15. The number of aliphatic imine (C=N–C) groups is 1. The van der Waals surface area contributed by atoms with Crippen LogP contribution in [0.2, 0.25) is 0 Å². The van der Waals surface area contributed by atoms with E-state index in [0.29, 0.717) is 18.7 Å². The molecule has 0 unspecified atom stereocenters. The average Bonchev–Trinajstić information content (AvgIpc) is 2.60. The molecule has 142 valence electrons. The van der Waals surface area contributed by atoms with Crippen molar-refractivity contribution < 1.29 is 4.74 Å². The molecule has 0 atom stereocenters. The van der Waals surface area contributed by atoms with Crippen molar-refractivity contribution in [3.8, 4) is 0 Å². The van der Waals surface area contributed by atoms with Crippen LogP contribution in [0, 0.1) is 0 Å². The maximum atomic E-state index is 5.27. The number of guanidine groups is 1. The number of methoxy groups -OCH3 is 1. The van der Waals surface area contributed by atoms with E-state index in [-0.39, 0.29) is 24.0 Å². The third-order valence-electron chi connectivity index (χ3n) is 4.69. The van der Waals surface area contributed by atoms with Crippen LogP contribution in [0.25, 0.3) is 0 Å². The van der Waals surface area contributed by atoms with Gasteiger partial charge in [-0.15, -0.1) is 24.0 Å². The van der Waals surface area contributed by atoms with Crippen molar-refractivity contribution in [3.63, 3.8) is 0 Å². The highest BCUT2D eigenvalue weighted by Gasteiger charge is 2.21. The molecule has 25 heavy (non-hydrogen) atoms. The molecule has 0 bridgehead atoms. The number of halogens is 1. The maximum absolute atomic E-state index is 5.27. The summed E-state index contributed by atoms with van der Waals surface area (Å²) in [6.45, 7) is 8.24. The molecule has 1 aromatic rings. The first kappa shape index (κ1) is 22.2. The highest BCUT2D eigenvalue weighted by Crippen LogP contribution is 2.13. The zero-order chi connectivity index (χ0) is 17.4. The van der Waals surface area contributed by atoms with E-state index in [4.69, 9.17) is 4.74 Å². The standard InChI is InChI=1S/C19H32N4O.HI/c1-15(2)23-11-9-18(10-12-23)22-19(20-3)21-13-16-7-5-6-8-17(16)14-24-4;/h5-8,15,18H,9-14H2,1-4H3,(H2,20,21,22);1H. The zero-order valence-electron chi connectivity index (χ0n) is 15.9. The Morgan fingerprint density at radius 1 is 1.24 bits per heavy atom. The molecule has 2 rings (SSSR count). The van der Waals surface area contributed by atoms with Crippen LogP contribution in [0.4, 0.5) is 0 Å². The second-order valence-electron chi connectivity index (χ2n) is 6.68. The predicted molar refractivity (Wildman–Crippen MR) is 116 cm³/mol. The predicted octanol–water partition coefficient (Wildman–Crippen LogP) is 2.99. The van der Waals surface area contributed by atoms with Crippen molar-refractivity contribution in [3.05, 3.63) is 35.4 Å². The monoisotopic (exact) mass is 460 g/mol. The largest absolute Gasteiger partial charge is 0.380 e. The number of nitrogens with zero attached hydrogens (tertiary/aromatic N) is 2. The zero-order valence-corrected chi connectivity index (χ0v) is 18.2. The Morgan fingerprint density at radius 3 is 2.44 bits per heavy atom. The molecule has 0 amide bonds. The van der Waals surface area contributed by atoms with Crippen molar-refractivity contribution in [1.29, 1.82) is 0 Å². The van der Waals surface area contributed by atoms with Crippen molar-refractivity contribution >= 4 is 29.9 Å². The van der Waals surface area contributed by atoms with Crippen LogP contribution in [-0.4, -0.2) is 50.2 Å². The second kappa shape index (κ2) is 11.7. The van der Waals surface area contributed by atoms with Crippen LogP contribution >= 0.6 is 24.0 Å². The minimum atomic E-state index is 0. The number of hydrogen-bond acceptors (Lipinski definition) is 3. The lowest BCUT2D eigenvalue weighted by molar-refractivity contribution is 0.167. The van der Waals surface area contributed by atoms with Gasteiger partial charge in [0.2, 0.25) is 0 Å². The quantitative estimate of drug-likeness (QED) is 0.390. The summed E-state index contributed by atoms with van der Waals surface area (Å²) in [5.74, 6) is 0.880. The fourth-order valence-electron chi connectivity index (χ4n) is 3.15. The van der Waals surface area contributed by atoms with Crippen LogP contribution in [0.3, 0.4) is 0 Å². The van der Waals surface area contributed by atoms with Crippen LogP contribution in [0.1, 0.15) is 37.8 Å². The lowest BCUT2D eigenvalue weighted by Crippen LogP contribution is -2.49. The number of benzene rings is 1. The third kappa shape index (κ3) is 7.11. The molecular weight excluding hydrogens is 427 g/mol. The summed E-state index contributed by atoms with van der Waals surface area (Å²) in [6.07, 6.45) is 2.33. The number of piperidine rings is 1. The number of hydrogen-bond donors (Lipinski definition) is 2. The van der Waals surface area contributed by atoms with Crippen molar-refractivity contribution in [2.75, 3.05) is 27.2 Å². The normalized spacial score (nSPS) is 16.6. The van der Waals surface area contributed by atoms with Crippen LogP contribution in [-0.2, 0) is 17.9 Å². The average molecular weight is 460 g/mol. The first-order valence-electron chi connectivity index (χ1n) is 8.91. The molecule has 1 aliphatic heterocycles. The first-order chi connectivity index (χ1) is 11.6. The molecule has 1 saturated heterocycles. The molecule has 1 heterocycles. The van der Waals surface area contributed by atoms with Crippen LogP contribution in [0.15, 0.2) is 29.3 Å². The van der Waals surface area contributed by atoms with Gasteiger partial charge in [-0.25, -0.2) is 0 Å². The van der Waals surface area contributed by atoms with Gasteiger partial charge in [0.25, 0.3) is 0 Å². The molecule has 0 aliphatic carbocycles. The summed E-state index contributed by atoms with van der Waals surface area (Å²) in [7, 11) is 3.56. The summed E-state index contributed by atoms with van der Waals surface area (Å²) in [5, 5.41) is 7.00. The van der Waals surface area contributed by atoms with E-state index in [1.54, 1.807) is 7.11 Å². The van der Waals surface area contributed by atoms with Crippen LogP contribution in [0.5, 0.6) is 0 Å². The molecule has 2 N–H and O–H groups in total. The third-order valence-corrected chi connectivity index (χ3v) is 4.69. The fraction of sp³-hybridized carbons (Fsp3) is 0.632. The smallest absolute Gasteiger partial charge is 0.191 e. The summed E-state index contributed by atoms with van der Waals surface area (Å²) in [5.41, 5.74) is 2.46. The Balaban J connectivity index is 0.00000312. The van der Waals surface area contributed by atoms with Gasteiger partial charge in [-0.2, -0.15) is 0 Å². The van der Waals surface area contributed by atoms with Crippen molar-refractivity contribution in [1.82, 2.24) is 15.5 Å². The van der Waals surface area contributed by atoms with Crippen LogP contribution < -0.4 is 10.6 Å². The summed E-state index contributed by atoms with van der Waals surface area (Å²) < 4.78 is 5.27. The Bertz CT molecular complexity index is 528. The van der Waals surface area contributed by atoms with E-state index in [1.807, 2.05) is 13.1 Å². The number of ether oxygens (including phenoxy) is 1. The highest BCUT2D eigenvalue weighted by atomic mass is 127. The van der Waals surface area contributed by atoms with E-state index < -0.39 is 0 Å². The molecule has 0 saturated carbocycles. The minimum Gasteiger partial charge on any atom is -0.380 e. The second-order valence-corrected chi connectivity index (χ2v) is 6.68. The maximum Gasteiger partial charge on any atom is 0.191 e. The van der Waals surface area contributed by atoms with Crippen molar-refractivity contribution in [2.24, 2.45) is 4.99 Å². The number of rotatable bonds is 6. The van der Waals surface area contributed by atoms with E-state index in [1.165, 1.54) is 24.0 Å². The molecule has 1 aliphatic rings. The van der Waals surface area contributed by atoms with Gasteiger partial charge < -0.3 is 20.3 Å². The lowest BCUT2D eigenvalue weighted by atomic mass is 10.0. The van der Waals surface area contributed by atoms with E-state index in [0.717, 1.165) is 25.6 Å². The van der Waals surface area contributed by atoms with Gasteiger partial charge in [-0.3, -0.25) is 4.99 Å².